The van der Waals surface area contributed by atoms with Crippen molar-refractivity contribution in [1.29, 1.82) is 0 Å². The van der Waals surface area contributed by atoms with E-state index in [1.807, 2.05) is 29.5 Å². The molecule has 2 aromatic heterocycles. The number of nitrogens with zero attached hydrogens (tertiary/aromatic N) is 3. The van der Waals surface area contributed by atoms with Crippen LogP contribution in [-0.2, 0) is 10.0 Å². The Bertz CT molecular complexity index is 1200. The van der Waals surface area contributed by atoms with Crippen molar-refractivity contribution >= 4 is 38.8 Å². The highest BCUT2D eigenvalue weighted by Gasteiger charge is 2.21. The Labute approximate surface area is 178 Å². The average Bonchev–Trinajstić information content (AvgIpc) is 3.44. The molecule has 156 valence electrons. The molecule has 1 aromatic carbocycles. The number of thiophene rings is 1. The number of oxazole rings is 1. The van der Waals surface area contributed by atoms with E-state index in [2.05, 4.69) is 14.7 Å². The minimum Gasteiger partial charge on any atom is -0.440 e. The number of sulfonamides is 1. The molecule has 4 rings (SSSR count). The predicted octanol–water partition coefficient (Wildman–Crippen LogP) is 3.78. The van der Waals surface area contributed by atoms with Crippen LogP contribution in [0.4, 0.5) is 5.69 Å². The SMILES string of the molecule is Cc1oc(-c2cccs2)nc1C(=O)Nc1ccc(S(=O)(=O)/N=C2/CCCN2C)cc1. The molecule has 0 saturated carbocycles. The van der Waals surface area contributed by atoms with Crippen LogP contribution in [0, 0.1) is 6.92 Å². The lowest BCUT2D eigenvalue weighted by Crippen LogP contribution is -2.20. The molecule has 8 nitrogen and oxygen atoms in total. The van der Waals surface area contributed by atoms with E-state index >= 15 is 0 Å². The van der Waals surface area contributed by atoms with Gasteiger partial charge in [0.25, 0.3) is 15.9 Å². The van der Waals surface area contributed by atoms with Gasteiger partial charge in [0.05, 0.1) is 9.77 Å². The van der Waals surface area contributed by atoms with Gasteiger partial charge in [-0.3, -0.25) is 4.79 Å². The van der Waals surface area contributed by atoms with E-state index in [9.17, 15) is 13.2 Å². The highest BCUT2D eigenvalue weighted by Crippen LogP contribution is 2.26. The van der Waals surface area contributed by atoms with E-state index in [4.69, 9.17) is 4.42 Å². The third-order valence-electron chi connectivity index (χ3n) is 4.71. The molecule has 0 radical (unpaired) electrons. The Morgan fingerprint density at radius 3 is 2.67 bits per heavy atom. The molecular formula is C20H20N4O4S2. The lowest BCUT2D eigenvalue weighted by molar-refractivity contribution is 0.102. The molecule has 1 amide bonds. The van der Waals surface area contributed by atoms with Crippen LogP contribution < -0.4 is 5.32 Å². The molecule has 1 aliphatic rings. The zero-order valence-corrected chi connectivity index (χ0v) is 18.1. The van der Waals surface area contributed by atoms with Crippen LogP contribution in [0.15, 0.2) is 55.5 Å². The number of hydrogen-bond donors (Lipinski definition) is 1. The lowest BCUT2D eigenvalue weighted by atomic mass is 10.3. The second-order valence-corrected chi connectivity index (χ2v) is 9.44. The fourth-order valence-corrected chi connectivity index (χ4v) is 4.86. The molecule has 0 aliphatic carbocycles. The molecule has 1 saturated heterocycles. The summed E-state index contributed by atoms with van der Waals surface area (Å²) in [5.74, 6) is 0.939. The maximum atomic E-state index is 12.6. The number of aromatic nitrogens is 1. The zero-order chi connectivity index (χ0) is 21.3. The molecule has 1 fully saturated rings. The van der Waals surface area contributed by atoms with Gasteiger partial charge in [-0.2, -0.15) is 8.42 Å². The summed E-state index contributed by atoms with van der Waals surface area (Å²) in [6, 6.07) is 9.65. The molecule has 0 spiro atoms. The monoisotopic (exact) mass is 444 g/mol. The summed E-state index contributed by atoms with van der Waals surface area (Å²) >= 11 is 1.47. The Balaban J connectivity index is 1.49. The van der Waals surface area contributed by atoms with Gasteiger partial charge in [0.2, 0.25) is 5.89 Å². The second-order valence-electron chi connectivity index (χ2n) is 6.89. The van der Waals surface area contributed by atoms with Crippen LogP contribution >= 0.6 is 11.3 Å². The average molecular weight is 445 g/mol. The van der Waals surface area contributed by atoms with Crippen molar-refractivity contribution in [2.24, 2.45) is 4.40 Å². The van der Waals surface area contributed by atoms with Crippen molar-refractivity contribution in [2.45, 2.75) is 24.7 Å². The van der Waals surface area contributed by atoms with Crippen molar-refractivity contribution in [3.05, 3.63) is 53.2 Å². The summed E-state index contributed by atoms with van der Waals surface area (Å²) in [6.07, 6.45) is 1.54. The van der Waals surface area contributed by atoms with E-state index in [-0.39, 0.29) is 10.6 Å². The Kier molecular flexibility index (Phi) is 5.44. The minimum absolute atomic E-state index is 0.0749. The van der Waals surface area contributed by atoms with E-state index in [1.54, 1.807) is 6.92 Å². The smallest absolute Gasteiger partial charge is 0.283 e. The van der Waals surface area contributed by atoms with Crippen LogP contribution in [0.2, 0.25) is 0 Å². The van der Waals surface area contributed by atoms with Gasteiger partial charge in [-0.25, -0.2) is 4.98 Å². The van der Waals surface area contributed by atoms with Crippen LogP contribution in [0.25, 0.3) is 10.8 Å². The number of rotatable bonds is 5. The Morgan fingerprint density at radius 2 is 2.03 bits per heavy atom. The quantitative estimate of drug-likeness (QED) is 0.642. The van der Waals surface area contributed by atoms with Crippen molar-refractivity contribution in [2.75, 3.05) is 18.9 Å². The summed E-state index contributed by atoms with van der Waals surface area (Å²) in [5, 5.41) is 4.62. The third-order valence-corrected chi connectivity index (χ3v) is 6.89. The maximum absolute atomic E-state index is 12.6. The van der Waals surface area contributed by atoms with Crippen molar-refractivity contribution in [1.82, 2.24) is 9.88 Å². The number of nitrogens with one attached hydrogen (secondary N) is 1. The molecule has 3 heterocycles. The fourth-order valence-electron chi connectivity index (χ4n) is 3.11. The number of likely N-dealkylation sites (tertiary alicyclic amines) is 1. The fraction of sp³-hybridized carbons (Fsp3) is 0.250. The van der Waals surface area contributed by atoms with Crippen LogP contribution in [0.3, 0.4) is 0 Å². The van der Waals surface area contributed by atoms with Crippen molar-refractivity contribution < 1.29 is 17.6 Å². The van der Waals surface area contributed by atoms with E-state index in [1.165, 1.54) is 35.6 Å². The topological polar surface area (TPSA) is 105 Å². The second kappa shape index (κ2) is 8.04. The number of benzene rings is 1. The largest absolute Gasteiger partial charge is 0.440 e. The van der Waals surface area contributed by atoms with Crippen molar-refractivity contribution in [3.63, 3.8) is 0 Å². The van der Waals surface area contributed by atoms with E-state index in [0.29, 0.717) is 29.6 Å². The molecule has 0 atom stereocenters. The maximum Gasteiger partial charge on any atom is 0.283 e. The molecule has 1 aliphatic heterocycles. The lowest BCUT2D eigenvalue weighted by Gasteiger charge is -2.11. The number of carbonyl (C=O) groups excluding carboxylic acids is 1. The Hall–Kier alpha value is -2.98. The minimum atomic E-state index is -3.80. The van der Waals surface area contributed by atoms with Crippen molar-refractivity contribution in [3.8, 4) is 10.8 Å². The van der Waals surface area contributed by atoms with Gasteiger partial charge in [-0.05, 0) is 49.1 Å². The normalized spacial score (nSPS) is 15.7. The Morgan fingerprint density at radius 1 is 1.27 bits per heavy atom. The van der Waals surface area contributed by atoms with Crippen LogP contribution in [0.1, 0.15) is 29.1 Å². The first-order valence-corrected chi connectivity index (χ1v) is 11.6. The number of amidine groups is 1. The predicted molar refractivity (Wildman–Crippen MR) is 115 cm³/mol. The first kappa shape index (κ1) is 20.3. The third kappa shape index (κ3) is 4.14. The summed E-state index contributed by atoms with van der Waals surface area (Å²) in [4.78, 5) is 19.6. The number of hydrogen-bond acceptors (Lipinski definition) is 6. The van der Waals surface area contributed by atoms with Gasteiger partial charge in [-0.1, -0.05) is 6.07 Å². The summed E-state index contributed by atoms with van der Waals surface area (Å²) < 4.78 is 34.6. The van der Waals surface area contributed by atoms with E-state index < -0.39 is 15.9 Å². The number of aryl methyl sites for hydroxylation is 1. The van der Waals surface area contributed by atoms with Gasteiger partial charge in [-0.15, -0.1) is 15.7 Å². The number of amides is 1. The first-order valence-electron chi connectivity index (χ1n) is 9.31. The first-order chi connectivity index (χ1) is 14.3. The summed E-state index contributed by atoms with van der Waals surface area (Å²) in [5.41, 5.74) is 0.635. The van der Waals surface area contributed by atoms with Crippen LogP contribution in [0.5, 0.6) is 0 Å². The molecule has 30 heavy (non-hydrogen) atoms. The molecule has 1 N–H and O–H groups in total. The summed E-state index contributed by atoms with van der Waals surface area (Å²) in [7, 11) is -1.97. The van der Waals surface area contributed by atoms with Gasteiger partial charge < -0.3 is 14.6 Å². The molecule has 0 bridgehead atoms. The van der Waals surface area contributed by atoms with Gasteiger partial charge in [0.1, 0.15) is 11.6 Å². The standard InChI is InChI=1S/C20H20N4O4S2/c1-13-18(22-20(28-13)16-5-4-12-29-16)19(25)21-14-7-9-15(10-8-14)30(26,27)23-17-6-3-11-24(17)2/h4-5,7-10,12H,3,6,11H2,1-2H3,(H,21,25)/b23-17-. The van der Waals surface area contributed by atoms with Gasteiger partial charge in [0, 0.05) is 25.7 Å². The molecule has 0 unspecified atom stereocenters. The highest BCUT2D eigenvalue weighted by molar-refractivity contribution is 7.90. The molecule has 10 heteroatoms. The van der Waals surface area contributed by atoms with E-state index in [0.717, 1.165) is 17.8 Å². The molecule has 3 aromatic rings. The highest BCUT2D eigenvalue weighted by atomic mass is 32.2. The molecular weight excluding hydrogens is 424 g/mol. The van der Waals surface area contributed by atoms with Crippen LogP contribution in [-0.4, -0.2) is 43.6 Å². The van der Waals surface area contributed by atoms with Gasteiger partial charge in [0.15, 0.2) is 5.69 Å². The number of anilines is 1. The number of carbonyl (C=O) groups is 1. The van der Waals surface area contributed by atoms with Gasteiger partial charge >= 0.3 is 0 Å². The zero-order valence-electron chi connectivity index (χ0n) is 16.5. The summed E-state index contributed by atoms with van der Waals surface area (Å²) in [6.45, 7) is 2.48.